The van der Waals surface area contributed by atoms with Crippen LogP contribution in [-0.4, -0.2) is 20.9 Å². The molecule has 0 saturated heterocycles. The number of hydrogen-bond acceptors (Lipinski definition) is 2. The molecule has 3 nitrogen and oxygen atoms in total. The molecular formula is C20H18F3N3. The Hall–Kier alpha value is -2.63. The number of imidazole rings is 1. The minimum absolute atomic E-state index is 0.0897. The fourth-order valence-electron chi connectivity index (χ4n) is 3.40. The molecule has 0 amide bonds. The van der Waals surface area contributed by atoms with Crippen molar-refractivity contribution in [3.8, 4) is 0 Å². The van der Waals surface area contributed by atoms with Crippen LogP contribution in [0.5, 0.6) is 0 Å². The van der Waals surface area contributed by atoms with Crippen molar-refractivity contribution >= 4 is 16.9 Å². The molecule has 2 heterocycles. The molecule has 2 aromatic carbocycles. The van der Waals surface area contributed by atoms with Crippen molar-refractivity contribution in [2.45, 2.75) is 39.2 Å². The molecule has 0 bridgehead atoms. The summed E-state index contributed by atoms with van der Waals surface area (Å²) < 4.78 is 45.9. The number of alkyl halides is 2. The van der Waals surface area contributed by atoms with Crippen molar-refractivity contribution in [3.05, 3.63) is 64.7 Å². The van der Waals surface area contributed by atoms with Gasteiger partial charge in [0.05, 0.1) is 16.6 Å². The zero-order valence-corrected chi connectivity index (χ0v) is 14.9. The predicted molar refractivity (Wildman–Crippen MR) is 95.5 cm³/mol. The number of rotatable bonds is 0. The van der Waals surface area contributed by atoms with Gasteiger partial charge in [0.15, 0.2) is 0 Å². The number of hydrogen-bond donors (Lipinski definition) is 0. The zero-order valence-electron chi connectivity index (χ0n) is 14.9. The molecule has 0 unspecified atom stereocenters. The Kier molecular flexibility index (Phi) is 3.36. The van der Waals surface area contributed by atoms with E-state index in [4.69, 9.17) is 0 Å². The van der Waals surface area contributed by atoms with E-state index in [2.05, 4.69) is 9.98 Å². The molecule has 1 aromatic heterocycles. The Bertz CT molecular complexity index is 1080. The first-order valence-corrected chi connectivity index (χ1v) is 8.36. The van der Waals surface area contributed by atoms with Crippen molar-refractivity contribution in [1.29, 1.82) is 0 Å². The second-order valence-electron chi connectivity index (χ2n) is 7.22. The molecule has 26 heavy (non-hydrogen) atoms. The lowest BCUT2D eigenvalue weighted by molar-refractivity contribution is -0.0712. The summed E-state index contributed by atoms with van der Waals surface area (Å²) in [5.74, 6) is -4.06. The van der Waals surface area contributed by atoms with Gasteiger partial charge in [-0.15, -0.1) is 0 Å². The summed E-state index contributed by atoms with van der Waals surface area (Å²) in [6.07, 6.45) is 1.56. The Morgan fingerprint density at radius 3 is 2.50 bits per heavy atom. The van der Waals surface area contributed by atoms with Gasteiger partial charge in [-0.1, -0.05) is 18.2 Å². The zero-order chi connectivity index (χ0) is 18.9. The topological polar surface area (TPSA) is 30.2 Å². The highest BCUT2D eigenvalue weighted by Crippen LogP contribution is 2.47. The first-order valence-electron chi connectivity index (χ1n) is 8.36. The van der Waals surface area contributed by atoms with Gasteiger partial charge < -0.3 is 0 Å². The van der Waals surface area contributed by atoms with Crippen LogP contribution in [0.4, 0.5) is 13.2 Å². The molecule has 1 aliphatic heterocycles. The van der Waals surface area contributed by atoms with Gasteiger partial charge in [-0.2, -0.15) is 8.78 Å². The van der Waals surface area contributed by atoms with E-state index in [-0.39, 0.29) is 11.4 Å². The highest BCUT2D eigenvalue weighted by atomic mass is 19.3. The third-order valence-corrected chi connectivity index (χ3v) is 5.19. The fraction of sp³-hybridized carbons (Fsp3) is 0.300. The van der Waals surface area contributed by atoms with Gasteiger partial charge in [0.1, 0.15) is 23.5 Å². The van der Waals surface area contributed by atoms with Crippen molar-refractivity contribution in [1.82, 2.24) is 9.55 Å². The molecule has 6 heteroatoms. The van der Waals surface area contributed by atoms with Gasteiger partial charge >= 0.3 is 5.92 Å². The number of aryl methyl sites for hydroxylation is 2. The predicted octanol–water partition coefficient (Wildman–Crippen LogP) is 4.97. The van der Waals surface area contributed by atoms with Crippen LogP contribution < -0.4 is 0 Å². The van der Waals surface area contributed by atoms with E-state index in [0.717, 1.165) is 28.2 Å². The van der Waals surface area contributed by atoms with Crippen LogP contribution in [-0.2, 0) is 5.92 Å². The Morgan fingerprint density at radius 1 is 1.04 bits per heavy atom. The fourth-order valence-corrected chi connectivity index (χ4v) is 3.40. The number of fused-ring (bicyclic) bond motifs is 2. The summed E-state index contributed by atoms with van der Waals surface area (Å²) in [6, 6.07) is 7.79. The maximum Gasteiger partial charge on any atom is 0.300 e. The second-order valence-corrected chi connectivity index (χ2v) is 7.22. The molecule has 3 aromatic rings. The maximum absolute atomic E-state index is 14.9. The van der Waals surface area contributed by atoms with Crippen molar-refractivity contribution < 1.29 is 13.2 Å². The van der Waals surface area contributed by atoms with E-state index in [9.17, 15) is 13.2 Å². The molecule has 0 radical (unpaired) electrons. The summed E-state index contributed by atoms with van der Waals surface area (Å²) in [7, 11) is 0. The van der Waals surface area contributed by atoms with Crippen LogP contribution in [0.2, 0.25) is 0 Å². The van der Waals surface area contributed by atoms with Gasteiger partial charge in [0, 0.05) is 5.56 Å². The second kappa shape index (κ2) is 5.19. The van der Waals surface area contributed by atoms with Gasteiger partial charge in [-0.25, -0.2) is 9.37 Å². The van der Waals surface area contributed by atoms with Crippen molar-refractivity contribution in [2.24, 2.45) is 4.99 Å². The highest BCUT2D eigenvalue weighted by Gasteiger charge is 2.54. The smallest absolute Gasteiger partial charge is 0.283 e. The molecule has 0 N–H and O–H groups in total. The summed E-state index contributed by atoms with van der Waals surface area (Å²) in [5, 5.41) is 0. The molecule has 0 aliphatic carbocycles. The lowest BCUT2D eigenvalue weighted by atomic mass is 9.84. The summed E-state index contributed by atoms with van der Waals surface area (Å²) in [4.78, 5) is 8.75. The Balaban J connectivity index is 2.06. The van der Waals surface area contributed by atoms with Crippen LogP contribution in [0, 0.1) is 19.7 Å². The van der Waals surface area contributed by atoms with Crippen molar-refractivity contribution in [2.75, 3.05) is 0 Å². The van der Waals surface area contributed by atoms with E-state index in [0.29, 0.717) is 0 Å². The first kappa shape index (κ1) is 16.8. The minimum Gasteiger partial charge on any atom is -0.283 e. The third kappa shape index (κ3) is 2.08. The van der Waals surface area contributed by atoms with E-state index < -0.39 is 22.8 Å². The molecule has 134 valence electrons. The van der Waals surface area contributed by atoms with Crippen LogP contribution >= 0.6 is 0 Å². The SMILES string of the molecule is Cc1ccc2c(ncn2C2=NC(C)(C)C(F)(F)c3c(F)cccc32)c1C. The average molecular weight is 357 g/mol. The number of aliphatic imine (C=N–C) groups is 1. The molecule has 4 rings (SSSR count). The van der Waals surface area contributed by atoms with Gasteiger partial charge in [-0.3, -0.25) is 9.56 Å². The molecular weight excluding hydrogens is 339 g/mol. The average Bonchev–Trinajstić information content (AvgIpc) is 2.99. The standard InChI is InChI=1S/C20H18F3N3/c1-11-8-9-15-17(12(11)2)24-10-26(15)18-13-6-5-7-14(21)16(13)20(22,23)19(3,4)25-18/h5-10H,1-4H3. The molecule has 0 atom stereocenters. The Morgan fingerprint density at radius 2 is 1.77 bits per heavy atom. The number of nitrogens with zero attached hydrogens (tertiary/aromatic N) is 3. The lowest BCUT2D eigenvalue weighted by Crippen LogP contribution is -2.45. The van der Waals surface area contributed by atoms with E-state index in [1.54, 1.807) is 10.9 Å². The summed E-state index contributed by atoms with van der Waals surface area (Å²) >= 11 is 0. The van der Waals surface area contributed by atoms with E-state index in [1.165, 1.54) is 26.0 Å². The van der Waals surface area contributed by atoms with Crippen LogP contribution in [0.25, 0.3) is 11.0 Å². The molecule has 0 saturated carbocycles. The Labute approximate surface area is 149 Å². The van der Waals surface area contributed by atoms with Crippen LogP contribution in [0.3, 0.4) is 0 Å². The first-order chi connectivity index (χ1) is 12.1. The monoisotopic (exact) mass is 357 g/mol. The van der Waals surface area contributed by atoms with E-state index >= 15 is 0 Å². The molecule has 0 fully saturated rings. The molecule has 0 spiro atoms. The normalized spacial score (nSPS) is 17.9. The van der Waals surface area contributed by atoms with Gasteiger partial charge in [0.2, 0.25) is 0 Å². The number of benzene rings is 2. The quantitative estimate of drug-likeness (QED) is 0.559. The lowest BCUT2D eigenvalue weighted by Gasteiger charge is -2.37. The van der Waals surface area contributed by atoms with Crippen LogP contribution in [0.1, 0.15) is 36.1 Å². The maximum atomic E-state index is 14.9. The number of halogens is 3. The molecule has 1 aliphatic rings. The minimum atomic E-state index is -3.42. The summed E-state index contributed by atoms with van der Waals surface area (Å²) in [5.41, 5.74) is 1.33. The summed E-state index contributed by atoms with van der Waals surface area (Å²) in [6.45, 7) is 6.58. The third-order valence-electron chi connectivity index (χ3n) is 5.19. The van der Waals surface area contributed by atoms with E-state index in [1.807, 2.05) is 26.0 Å². The van der Waals surface area contributed by atoms with Gasteiger partial charge in [-0.05, 0) is 51.0 Å². The van der Waals surface area contributed by atoms with Crippen LogP contribution in [0.15, 0.2) is 41.7 Å². The van der Waals surface area contributed by atoms with Gasteiger partial charge in [0.25, 0.3) is 0 Å². The number of aromatic nitrogens is 2. The van der Waals surface area contributed by atoms with Crippen molar-refractivity contribution in [3.63, 3.8) is 0 Å². The highest BCUT2D eigenvalue weighted by molar-refractivity contribution is 6.07. The largest absolute Gasteiger partial charge is 0.300 e.